The highest BCUT2D eigenvalue weighted by molar-refractivity contribution is 5.95. The van der Waals surface area contributed by atoms with E-state index in [1.54, 1.807) is 97.9 Å². The summed E-state index contributed by atoms with van der Waals surface area (Å²) < 4.78 is 43.2. The number of nitrogens with zero attached hydrogens (tertiary/aromatic N) is 2. The molecule has 11 atom stereocenters. The minimum Gasteiger partial charge on any atom is -0.487 e. The van der Waals surface area contributed by atoms with Gasteiger partial charge in [-0.05, 0) is 77.0 Å². The van der Waals surface area contributed by atoms with Crippen LogP contribution in [0.15, 0.2) is 78.2 Å². The average molecular weight is 892 g/mol. The molecule has 1 aliphatic heterocycles. The van der Waals surface area contributed by atoms with E-state index >= 15 is 4.79 Å². The van der Waals surface area contributed by atoms with Gasteiger partial charge < -0.3 is 53.6 Å². The lowest BCUT2D eigenvalue weighted by molar-refractivity contribution is -0.349. The summed E-state index contributed by atoms with van der Waals surface area (Å²) in [4.78, 5) is 77.0. The Morgan fingerprint density at radius 3 is 2.22 bits per heavy atom. The van der Waals surface area contributed by atoms with Gasteiger partial charge >= 0.3 is 24.1 Å². The number of esters is 2. The van der Waals surface area contributed by atoms with E-state index < -0.39 is 113 Å². The number of amides is 2. The van der Waals surface area contributed by atoms with Crippen LogP contribution in [-0.4, -0.2) is 131 Å². The molecule has 0 spiro atoms. The molecule has 3 fully saturated rings. The maximum atomic E-state index is 16.0. The van der Waals surface area contributed by atoms with Gasteiger partial charge in [-0.1, -0.05) is 44.7 Å². The van der Waals surface area contributed by atoms with E-state index in [1.807, 2.05) is 0 Å². The van der Waals surface area contributed by atoms with E-state index in [1.165, 1.54) is 33.5 Å². The quantitative estimate of drug-likeness (QED) is 0.117. The fourth-order valence-electron chi connectivity index (χ4n) is 10.1. The second-order valence-corrected chi connectivity index (χ2v) is 19.1. The molecule has 0 unspecified atom stereocenters. The number of aliphatic hydroxyl groups excluding tert-OH is 1. The summed E-state index contributed by atoms with van der Waals surface area (Å²) in [6, 6.07) is 11.3. The number of hydrogen-bond donors (Lipinski definition) is 3. The van der Waals surface area contributed by atoms with Crippen molar-refractivity contribution in [1.82, 2.24) is 15.2 Å². The molecule has 0 radical (unpaired) electrons. The van der Waals surface area contributed by atoms with Crippen molar-refractivity contribution in [3.63, 3.8) is 0 Å². The first kappa shape index (κ1) is 48.1. The number of aliphatic hydroxyl groups is 2. The van der Waals surface area contributed by atoms with Crippen LogP contribution in [0, 0.1) is 16.7 Å². The van der Waals surface area contributed by atoms with Crippen molar-refractivity contribution in [3.8, 4) is 0 Å². The van der Waals surface area contributed by atoms with Gasteiger partial charge in [-0.3, -0.25) is 9.78 Å². The maximum Gasteiger partial charge on any atom is 0.410 e. The van der Waals surface area contributed by atoms with E-state index in [2.05, 4.69) is 16.9 Å². The molecular formula is C47H61N3O14. The first-order valence-electron chi connectivity index (χ1n) is 21.2. The van der Waals surface area contributed by atoms with Crippen LogP contribution in [0.5, 0.6) is 0 Å². The van der Waals surface area contributed by atoms with Crippen LogP contribution >= 0.6 is 0 Å². The fraction of sp³-hybridized carbons (Fsp3) is 0.574. The number of Topliss-reactive ketones (excluding diaryl/α,β-unsaturated/α-hetero) is 1. The molecule has 1 aromatic heterocycles. The highest BCUT2D eigenvalue weighted by atomic mass is 16.6. The number of benzene rings is 1. The Kier molecular flexibility index (Phi) is 13.2. The molecule has 1 saturated heterocycles. The number of pyridine rings is 1. The highest BCUT2D eigenvalue weighted by Gasteiger charge is 2.78. The summed E-state index contributed by atoms with van der Waals surface area (Å²) in [5.41, 5.74) is -7.54. The second-order valence-electron chi connectivity index (χ2n) is 19.1. The Balaban J connectivity index is 1.57. The number of ketones is 1. The number of allylic oxidation sites excluding steroid dienone is 1. The zero-order valence-electron chi connectivity index (χ0n) is 38.3. The van der Waals surface area contributed by atoms with Crippen molar-refractivity contribution in [2.75, 3.05) is 27.8 Å². The molecule has 64 heavy (non-hydrogen) atoms. The molecule has 17 nitrogen and oxygen atoms in total. The van der Waals surface area contributed by atoms with Crippen molar-refractivity contribution in [3.05, 3.63) is 89.5 Å². The van der Waals surface area contributed by atoms with Gasteiger partial charge in [0.15, 0.2) is 23.6 Å². The van der Waals surface area contributed by atoms with Crippen molar-refractivity contribution in [1.29, 1.82) is 0 Å². The van der Waals surface area contributed by atoms with Gasteiger partial charge in [0.05, 0.1) is 41.1 Å². The number of hydrogen-bond acceptors (Lipinski definition) is 15. The Bertz CT molecular complexity index is 2170. The number of alkyl carbamates (subject to hydrolysis) is 1. The molecule has 17 heteroatoms. The minimum absolute atomic E-state index is 0.0686. The molecule has 1 aromatic carbocycles. The predicted octanol–water partition coefficient (Wildman–Crippen LogP) is 5.00. The lowest BCUT2D eigenvalue weighted by Gasteiger charge is -2.68. The van der Waals surface area contributed by atoms with E-state index in [4.69, 9.17) is 33.2 Å². The molecule has 2 aromatic rings. The molecule has 2 amide bonds. The standard InChI is InChI=1S/C47H61N3O14/c1-25(2)63-46-24-59-31(46)22-30(58-12)45(9)36(46)38(62-39(53)27-18-14-13-15-19-27)47(57)23-29(26(3)32(44(47,7)8)35(37(45)52)61-42(56)50(10)11)60-40(54)34(51)33(28-20-16-17-21-48-28)49-41(55)64-43(4,5)6/h13-21,29-31,33-36,38,51,57H,1,22-24H2,2-12H3,(H,49,55)/t29-,30-,31+,33-,34+,35+,36-,38-,45+,46-,47+/m0/s1. The van der Waals surface area contributed by atoms with Crippen molar-refractivity contribution in [2.24, 2.45) is 16.7 Å². The van der Waals surface area contributed by atoms with Crippen molar-refractivity contribution < 1.29 is 67.3 Å². The van der Waals surface area contributed by atoms with E-state index in [9.17, 15) is 29.4 Å². The Morgan fingerprint density at radius 1 is 1.02 bits per heavy atom. The molecule has 2 bridgehead atoms. The van der Waals surface area contributed by atoms with Gasteiger partial charge in [0, 0.05) is 45.7 Å². The van der Waals surface area contributed by atoms with Gasteiger partial charge in [0.1, 0.15) is 35.6 Å². The zero-order valence-corrected chi connectivity index (χ0v) is 38.3. The summed E-state index contributed by atoms with van der Waals surface area (Å²) in [5, 5.41) is 28.2. The number of ether oxygens (including phenoxy) is 7. The van der Waals surface area contributed by atoms with Crippen LogP contribution in [0.1, 0.15) is 90.3 Å². The van der Waals surface area contributed by atoms with Crippen LogP contribution < -0.4 is 5.32 Å². The normalized spacial score (nSPS) is 31.5. The lowest BCUT2D eigenvalue weighted by atomic mass is 9.44. The summed E-state index contributed by atoms with van der Waals surface area (Å²) in [7, 11) is 4.32. The highest BCUT2D eigenvalue weighted by Crippen LogP contribution is 2.65. The zero-order chi connectivity index (χ0) is 47.3. The van der Waals surface area contributed by atoms with Gasteiger partial charge in [0.25, 0.3) is 0 Å². The third kappa shape index (κ3) is 8.38. The van der Waals surface area contributed by atoms with Gasteiger partial charge in [-0.25, -0.2) is 19.2 Å². The van der Waals surface area contributed by atoms with Crippen LogP contribution in [0.25, 0.3) is 0 Å². The topological polar surface area (TPSA) is 219 Å². The lowest BCUT2D eigenvalue weighted by Crippen LogP contribution is -2.81. The number of aromatic nitrogens is 1. The van der Waals surface area contributed by atoms with Crippen LogP contribution in [0.2, 0.25) is 0 Å². The number of methoxy groups -OCH3 is 1. The van der Waals surface area contributed by atoms with Crippen molar-refractivity contribution >= 4 is 29.9 Å². The first-order valence-corrected chi connectivity index (χ1v) is 21.2. The number of nitrogens with one attached hydrogen (secondary N) is 1. The molecule has 6 rings (SSSR count). The summed E-state index contributed by atoms with van der Waals surface area (Å²) in [6.45, 7) is 16.9. The molecule has 2 saturated carbocycles. The number of carbonyl (C=O) groups excluding carboxylic acids is 5. The summed E-state index contributed by atoms with van der Waals surface area (Å²) in [5.74, 6) is -3.81. The molecule has 4 aliphatic rings. The SMILES string of the molecule is C=C(C)O[C@@]12CO[C@@H]1C[C@H](OC)[C@@]1(C)C(=O)[C@H](OC(=O)N(C)C)C3=C(C)[C@@H](OC(=O)[C@H](O)[C@@H](NC(=O)OC(C)(C)C)c4ccccn4)C[C@@](O)([C@@H](OC(=O)c4ccccc4)[C@H]21)C3(C)C. The second kappa shape index (κ2) is 17.6. The van der Waals surface area contributed by atoms with Gasteiger partial charge in [-0.15, -0.1) is 0 Å². The average Bonchev–Trinajstić information content (AvgIpc) is 3.21. The summed E-state index contributed by atoms with van der Waals surface area (Å²) in [6.07, 6.45) is -9.48. The third-order valence-corrected chi connectivity index (χ3v) is 13.3. The molecule has 3 N–H and O–H groups in total. The van der Waals surface area contributed by atoms with E-state index in [-0.39, 0.29) is 41.2 Å². The van der Waals surface area contributed by atoms with Crippen LogP contribution in [0.3, 0.4) is 0 Å². The van der Waals surface area contributed by atoms with E-state index in [0.29, 0.717) is 0 Å². The van der Waals surface area contributed by atoms with Gasteiger partial charge in [0.2, 0.25) is 0 Å². The van der Waals surface area contributed by atoms with Crippen molar-refractivity contribution in [2.45, 2.75) is 128 Å². The Labute approximate surface area is 373 Å². The predicted molar refractivity (Wildman–Crippen MR) is 228 cm³/mol. The monoisotopic (exact) mass is 891 g/mol. The summed E-state index contributed by atoms with van der Waals surface area (Å²) >= 11 is 0. The largest absolute Gasteiger partial charge is 0.487 e. The smallest absolute Gasteiger partial charge is 0.410 e. The fourth-order valence-corrected chi connectivity index (χ4v) is 10.1. The Hall–Kier alpha value is -5.36. The first-order chi connectivity index (χ1) is 29.8. The Morgan fingerprint density at radius 2 is 1.67 bits per heavy atom. The number of carbonyl (C=O) groups is 5. The number of fused-ring (bicyclic) bond motifs is 5. The molecular weight excluding hydrogens is 831 g/mol. The van der Waals surface area contributed by atoms with E-state index in [0.717, 1.165) is 4.90 Å². The van der Waals surface area contributed by atoms with Gasteiger partial charge in [-0.2, -0.15) is 0 Å². The van der Waals surface area contributed by atoms with Crippen LogP contribution in [0.4, 0.5) is 9.59 Å². The molecule has 2 heterocycles. The van der Waals surface area contributed by atoms with Crippen LogP contribution in [-0.2, 0) is 42.7 Å². The molecule has 3 aliphatic carbocycles. The number of rotatable bonds is 11. The third-order valence-electron chi connectivity index (χ3n) is 13.3. The maximum absolute atomic E-state index is 16.0. The minimum atomic E-state index is -2.30. The molecule has 348 valence electrons.